The molecule has 0 bridgehead atoms. The first-order valence-electron chi connectivity index (χ1n) is 14.7. The molecule has 10 nitrogen and oxygen atoms in total. The van der Waals surface area contributed by atoms with Crippen molar-refractivity contribution in [1.82, 2.24) is 0 Å². The van der Waals surface area contributed by atoms with E-state index in [1.54, 1.807) is 0 Å². The van der Waals surface area contributed by atoms with E-state index in [1.165, 1.54) is 32.1 Å². The zero-order valence-corrected chi connectivity index (χ0v) is 23.8. The third-order valence-electron chi connectivity index (χ3n) is 5.75. The second kappa shape index (κ2) is 29.1. The Labute approximate surface area is 230 Å². The van der Waals surface area contributed by atoms with Gasteiger partial charge in [0.05, 0.1) is 85.9 Å². The molecule has 1 fully saturated rings. The SMILES string of the molecule is CCCCCCCCC(=O)OCCOCCOCCOCCOCCOCCOCCOC1CCCCO1. The maximum atomic E-state index is 11.6. The van der Waals surface area contributed by atoms with Crippen LogP contribution >= 0.6 is 0 Å². The summed E-state index contributed by atoms with van der Waals surface area (Å²) >= 11 is 0. The number of esters is 1. The molecule has 0 amide bonds. The van der Waals surface area contributed by atoms with Gasteiger partial charge in [0.25, 0.3) is 0 Å². The van der Waals surface area contributed by atoms with Gasteiger partial charge in [0.15, 0.2) is 6.29 Å². The Morgan fingerprint density at radius 2 is 1.08 bits per heavy atom. The van der Waals surface area contributed by atoms with Crippen LogP contribution in [0.3, 0.4) is 0 Å². The molecule has 1 saturated heterocycles. The van der Waals surface area contributed by atoms with Gasteiger partial charge < -0.3 is 42.6 Å². The normalized spacial score (nSPS) is 15.7. The molecule has 1 atom stereocenters. The lowest BCUT2D eigenvalue weighted by atomic mass is 10.1. The summed E-state index contributed by atoms with van der Waals surface area (Å²) in [6, 6.07) is 0. The highest BCUT2D eigenvalue weighted by Crippen LogP contribution is 2.13. The molecule has 1 rings (SSSR count). The van der Waals surface area contributed by atoms with Crippen LogP contribution in [-0.2, 0) is 47.4 Å². The molecule has 0 aromatic rings. The minimum absolute atomic E-state index is 0.0633. The van der Waals surface area contributed by atoms with Crippen LogP contribution in [0, 0.1) is 0 Å². The Balaban J connectivity index is 1.65. The summed E-state index contributed by atoms with van der Waals surface area (Å²) in [5, 5.41) is 0. The van der Waals surface area contributed by atoms with Gasteiger partial charge in [-0.25, -0.2) is 0 Å². The van der Waals surface area contributed by atoms with Crippen molar-refractivity contribution in [2.75, 3.05) is 99.1 Å². The summed E-state index contributed by atoms with van der Waals surface area (Å²) in [6.45, 7) is 9.86. The molecule has 226 valence electrons. The van der Waals surface area contributed by atoms with Crippen molar-refractivity contribution in [2.45, 2.75) is 77.4 Å². The summed E-state index contributed by atoms with van der Waals surface area (Å²) in [5.74, 6) is -0.138. The highest BCUT2D eigenvalue weighted by Gasteiger charge is 2.13. The van der Waals surface area contributed by atoms with E-state index < -0.39 is 0 Å². The Bertz CT molecular complexity index is 488. The minimum Gasteiger partial charge on any atom is -0.463 e. The molecule has 0 radical (unpaired) electrons. The predicted molar refractivity (Wildman–Crippen MR) is 143 cm³/mol. The van der Waals surface area contributed by atoms with Crippen molar-refractivity contribution in [3.05, 3.63) is 0 Å². The summed E-state index contributed by atoms with van der Waals surface area (Å²) in [7, 11) is 0. The molecule has 10 heteroatoms. The molecular formula is C28H54O10. The van der Waals surface area contributed by atoms with Gasteiger partial charge in [-0.15, -0.1) is 0 Å². The minimum atomic E-state index is -0.138. The van der Waals surface area contributed by atoms with Crippen LogP contribution in [0.5, 0.6) is 0 Å². The molecule has 0 spiro atoms. The van der Waals surface area contributed by atoms with Crippen LogP contribution in [0.4, 0.5) is 0 Å². The van der Waals surface area contributed by atoms with E-state index in [9.17, 15) is 4.79 Å². The van der Waals surface area contributed by atoms with Gasteiger partial charge in [-0.2, -0.15) is 0 Å². The smallest absolute Gasteiger partial charge is 0.305 e. The van der Waals surface area contributed by atoms with Gasteiger partial charge in [0, 0.05) is 13.0 Å². The molecule has 0 N–H and O–H groups in total. The molecule has 0 aromatic heterocycles. The Hall–Kier alpha value is -0.850. The second-order valence-corrected chi connectivity index (χ2v) is 9.08. The number of ether oxygens (including phenoxy) is 9. The average molecular weight is 551 g/mol. The zero-order valence-electron chi connectivity index (χ0n) is 23.8. The van der Waals surface area contributed by atoms with E-state index in [2.05, 4.69) is 6.92 Å². The largest absolute Gasteiger partial charge is 0.463 e. The van der Waals surface area contributed by atoms with Crippen LogP contribution < -0.4 is 0 Å². The van der Waals surface area contributed by atoms with E-state index in [-0.39, 0.29) is 12.3 Å². The average Bonchev–Trinajstić information content (AvgIpc) is 2.94. The molecule has 0 saturated carbocycles. The summed E-state index contributed by atoms with van der Waals surface area (Å²) in [5.41, 5.74) is 0. The highest BCUT2D eigenvalue weighted by atomic mass is 16.7. The summed E-state index contributed by atoms with van der Waals surface area (Å²) in [6.07, 6.45) is 10.7. The number of hydrogen-bond donors (Lipinski definition) is 0. The van der Waals surface area contributed by atoms with E-state index >= 15 is 0 Å². The molecule has 1 aliphatic heterocycles. The van der Waals surface area contributed by atoms with Crippen molar-refractivity contribution >= 4 is 5.97 Å². The van der Waals surface area contributed by atoms with Gasteiger partial charge in [0.1, 0.15) is 6.61 Å². The third kappa shape index (κ3) is 25.4. The molecule has 1 aliphatic rings. The summed E-state index contributed by atoms with van der Waals surface area (Å²) in [4.78, 5) is 11.6. The van der Waals surface area contributed by atoms with Gasteiger partial charge in [-0.1, -0.05) is 39.0 Å². The number of rotatable bonds is 29. The van der Waals surface area contributed by atoms with Crippen molar-refractivity contribution in [3.63, 3.8) is 0 Å². The highest BCUT2D eigenvalue weighted by molar-refractivity contribution is 5.69. The maximum absolute atomic E-state index is 11.6. The Morgan fingerprint density at radius 1 is 0.605 bits per heavy atom. The van der Waals surface area contributed by atoms with Crippen LogP contribution in [-0.4, -0.2) is 111 Å². The van der Waals surface area contributed by atoms with E-state index in [0.29, 0.717) is 98.9 Å². The molecule has 38 heavy (non-hydrogen) atoms. The van der Waals surface area contributed by atoms with E-state index in [0.717, 1.165) is 32.3 Å². The quantitative estimate of drug-likeness (QED) is 0.101. The van der Waals surface area contributed by atoms with Crippen LogP contribution in [0.1, 0.15) is 71.1 Å². The van der Waals surface area contributed by atoms with E-state index in [1.807, 2.05) is 0 Å². The molecule has 1 unspecified atom stereocenters. The fourth-order valence-electron chi connectivity index (χ4n) is 3.62. The first-order chi connectivity index (χ1) is 18.8. The van der Waals surface area contributed by atoms with Gasteiger partial charge in [-0.05, 0) is 25.7 Å². The Morgan fingerprint density at radius 3 is 1.58 bits per heavy atom. The van der Waals surface area contributed by atoms with Gasteiger partial charge >= 0.3 is 5.97 Å². The van der Waals surface area contributed by atoms with Crippen molar-refractivity contribution in [1.29, 1.82) is 0 Å². The fraction of sp³-hybridized carbons (Fsp3) is 0.964. The topological polar surface area (TPSA) is 100 Å². The van der Waals surface area contributed by atoms with Gasteiger partial charge in [-0.3, -0.25) is 4.79 Å². The van der Waals surface area contributed by atoms with Gasteiger partial charge in [0.2, 0.25) is 0 Å². The van der Waals surface area contributed by atoms with E-state index in [4.69, 9.17) is 42.6 Å². The van der Waals surface area contributed by atoms with Crippen molar-refractivity contribution in [2.24, 2.45) is 0 Å². The molecule has 1 heterocycles. The number of carbonyl (C=O) groups excluding carboxylic acids is 1. The van der Waals surface area contributed by atoms with Crippen molar-refractivity contribution < 1.29 is 47.4 Å². The number of hydrogen-bond acceptors (Lipinski definition) is 10. The van der Waals surface area contributed by atoms with Crippen LogP contribution in [0.15, 0.2) is 0 Å². The second-order valence-electron chi connectivity index (χ2n) is 9.08. The first-order valence-corrected chi connectivity index (χ1v) is 14.7. The molecular weight excluding hydrogens is 496 g/mol. The standard InChI is InChI=1S/C28H54O10/c1-2-3-4-5-6-7-10-27(29)36-25-23-34-21-19-32-17-15-30-13-14-31-16-18-33-20-22-35-24-26-38-28-11-8-9-12-37-28/h28H,2-26H2,1H3. The fourth-order valence-corrected chi connectivity index (χ4v) is 3.62. The lowest BCUT2D eigenvalue weighted by Gasteiger charge is -2.22. The Kier molecular flexibility index (Phi) is 27.0. The maximum Gasteiger partial charge on any atom is 0.305 e. The third-order valence-corrected chi connectivity index (χ3v) is 5.75. The van der Waals surface area contributed by atoms with Crippen LogP contribution in [0.25, 0.3) is 0 Å². The van der Waals surface area contributed by atoms with Crippen LogP contribution in [0.2, 0.25) is 0 Å². The van der Waals surface area contributed by atoms with Crippen molar-refractivity contribution in [3.8, 4) is 0 Å². The number of carbonyl (C=O) groups is 1. The molecule has 0 aromatic carbocycles. The lowest BCUT2D eigenvalue weighted by molar-refractivity contribution is -0.169. The predicted octanol–water partition coefficient (Wildman–Crippen LogP) is 3.92. The zero-order chi connectivity index (χ0) is 27.2. The number of unbranched alkanes of at least 4 members (excludes halogenated alkanes) is 5. The monoisotopic (exact) mass is 550 g/mol. The first kappa shape index (κ1) is 35.2. The molecule has 0 aliphatic carbocycles. The summed E-state index contributed by atoms with van der Waals surface area (Å²) < 4.78 is 49.0. The lowest BCUT2D eigenvalue weighted by Crippen LogP contribution is -2.24.